The van der Waals surface area contributed by atoms with Crippen molar-refractivity contribution in [2.45, 2.75) is 78.6 Å². The van der Waals surface area contributed by atoms with Gasteiger partial charge in [-0.05, 0) is 77.3 Å². The molecule has 0 saturated carbocycles. The summed E-state index contributed by atoms with van der Waals surface area (Å²) in [6.45, 7) is 15.5. The van der Waals surface area contributed by atoms with Crippen LogP contribution in [0.5, 0.6) is 0 Å². The Hall–Kier alpha value is -3.64. The molecule has 0 aliphatic heterocycles. The van der Waals surface area contributed by atoms with E-state index in [0.29, 0.717) is 18.8 Å². The first-order chi connectivity index (χ1) is 18.9. The maximum Gasteiger partial charge on any atom is 0.414 e. The molecule has 0 unspecified atom stereocenters. The fourth-order valence-electron chi connectivity index (χ4n) is 4.47. The minimum absolute atomic E-state index is 0.00331. The smallest absolute Gasteiger partial charge is 0.414 e. The van der Waals surface area contributed by atoms with Crippen LogP contribution in [-0.4, -0.2) is 41.8 Å². The van der Waals surface area contributed by atoms with Gasteiger partial charge in [0, 0.05) is 31.4 Å². The SMILES string of the molecule is CCOC(=O)C(C)(C)c1ccc(N(C[C@@H](C)N(Cc2ccccc2)Cc2ccccc2)C(=O)OC(C)(C)C)cc1. The van der Waals surface area contributed by atoms with E-state index in [4.69, 9.17) is 9.47 Å². The lowest BCUT2D eigenvalue weighted by atomic mass is 9.84. The van der Waals surface area contributed by atoms with Gasteiger partial charge < -0.3 is 9.47 Å². The molecule has 1 amide bonds. The first kappa shape index (κ1) is 30.9. The first-order valence-electron chi connectivity index (χ1n) is 14.0. The summed E-state index contributed by atoms with van der Waals surface area (Å²) in [6.07, 6.45) is -0.406. The Balaban J connectivity index is 1.91. The van der Waals surface area contributed by atoms with Crippen molar-refractivity contribution in [3.8, 4) is 0 Å². The first-order valence-corrected chi connectivity index (χ1v) is 14.0. The van der Waals surface area contributed by atoms with Gasteiger partial charge in [0.25, 0.3) is 0 Å². The molecule has 6 nitrogen and oxygen atoms in total. The number of esters is 1. The van der Waals surface area contributed by atoms with E-state index in [1.54, 1.807) is 11.8 Å². The van der Waals surface area contributed by atoms with Gasteiger partial charge in [-0.15, -0.1) is 0 Å². The number of carbonyl (C=O) groups excluding carboxylic acids is 2. The van der Waals surface area contributed by atoms with Crippen LogP contribution in [0.25, 0.3) is 0 Å². The number of anilines is 1. The van der Waals surface area contributed by atoms with Crippen LogP contribution in [0.2, 0.25) is 0 Å². The molecule has 214 valence electrons. The summed E-state index contributed by atoms with van der Waals surface area (Å²) < 4.78 is 11.1. The van der Waals surface area contributed by atoms with Crippen LogP contribution in [0.1, 0.15) is 65.2 Å². The molecule has 0 N–H and O–H groups in total. The summed E-state index contributed by atoms with van der Waals surface area (Å²) in [4.78, 5) is 30.1. The molecular formula is C34H44N2O4. The molecule has 3 rings (SSSR count). The monoisotopic (exact) mass is 544 g/mol. The Morgan fingerprint density at radius 1 is 0.775 bits per heavy atom. The van der Waals surface area contributed by atoms with E-state index in [0.717, 1.165) is 18.7 Å². The minimum Gasteiger partial charge on any atom is -0.465 e. The number of hydrogen-bond acceptors (Lipinski definition) is 5. The molecule has 6 heteroatoms. The molecule has 0 aliphatic rings. The summed E-state index contributed by atoms with van der Waals surface area (Å²) in [6, 6.07) is 28.3. The molecule has 0 aliphatic carbocycles. The van der Waals surface area contributed by atoms with Crippen LogP contribution in [0.4, 0.5) is 10.5 Å². The second-order valence-corrected chi connectivity index (χ2v) is 11.7. The Kier molecular flexibility index (Phi) is 10.5. The van der Waals surface area contributed by atoms with Crippen LogP contribution in [0.3, 0.4) is 0 Å². The molecule has 40 heavy (non-hydrogen) atoms. The van der Waals surface area contributed by atoms with Gasteiger partial charge in [-0.3, -0.25) is 14.6 Å². The van der Waals surface area contributed by atoms with Crippen molar-refractivity contribution in [3.05, 3.63) is 102 Å². The number of benzene rings is 3. The van der Waals surface area contributed by atoms with Gasteiger partial charge in [0.15, 0.2) is 0 Å². The average Bonchev–Trinajstić information content (AvgIpc) is 2.91. The van der Waals surface area contributed by atoms with Gasteiger partial charge in [0.1, 0.15) is 5.60 Å². The van der Waals surface area contributed by atoms with Gasteiger partial charge in [0.2, 0.25) is 0 Å². The quantitative estimate of drug-likeness (QED) is 0.236. The summed E-state index contributed by atoms with van der Waals surface area (Å²) in [5.74, 6) is -0.280. The molecular weight excluding hydrogens is 500 g/mol. The second kappa shape index (κ2) is 13.6. The van der Waals surface area contributed by atoms with E-state index < -0.39 is 17.1 Å². The second-order valence-electron chi connectivity index (χ2n) is 11.7. The maximum atomic E-state index is 13.5. The van der Waals surface area contributed by atoms with E-state index in [1.807, 2.05) is 95.3 Å². The van der Waals surface area contributed by atoms with Crippen molar-refractivity contribution >= 4 is 17.7 Å². The number of amides is 1. The predicted octanol–water partition coefficient (Wildman–Crippen LogP) is 7.36. The minimum atomic E-state index is -0.805. The molecule has 3 aromatic carbocycles. The van der Waals surface area contributed by atoms with Crippen molar-refractivity contribution < 1.29 is 19.1 Å². The zero-order valence-corrected chi connectivity index (χ0v) is 25.0. The maximum absolute atomic E-state index is 13.5. The highest BCUT2D eigenvalue weighted by atomic mass is 16.6. The fraction of sp³-hybridized carbons (Fsp3) is 0.412. The van der Waals surface area contributed by atoms with Crippen LogP contribution in [-0.2, 0) is 32.8 Å². The lowest BCUT2D eigenvalue weighted by molar-refractivity contribution is -0.148. The fourth-order valence-corrected chi connectivity index (χ4v) is 4.47. The third kappa shape index (κ3) is 8.68. The molecule has 0 saturated heterocycles. The number of hydrogen-bond donors (Lipinski definition) is 0. The number of carbonyl (C=O) groups is 2. The van der Waals surface area contributed by atoms with Crippen LogP contribution < -0.4 is 4.90 Å². The van der Waals surface area contributed by atoms with Gasteiger partial charge in [-0.1, -0.05) is 72.8 Å². The van der Waals surface area contributed by atoms with Gasteiger partial charge in [-0.2, -0.15) is 0 Å². The Morgan fingerprint density at radius 3 is 1.73 bits per heavy atom. The number of ether oxygens (including phenoxy) is 2. The molecule has 0 aromatic heterocycles. The zero-order valence-electron chi connectivity index (χ0n) is 25.0. The molecule has 0 heterocycles. The number of nitrogens with zero attached hydrogens (tertiary/aromatic N) is 2. The van der Waals surface area contributed by atoms with Crippen LogP contribution >= 0.6 is 0 Å². The molecule has 0 fully saturated rings. The van der Waals surface area contributed by atoms with E-state index in [1.165, 1.54) is 11.1 Å². The van der Waals surface area contributed by atoms with Crippen molar-refractivity contribution in [2.24, 2.45) is 0 Å². The highest BCUT2D eigenvalue weighted by molar-refractivity contribution is 5.88. The summed E-state index contributed by atoms with van der Waals surface area (Å²) in [7, 11) is 0. The van der Waals surface area contributed by atoms with E-state index in [9.17, 15) is 9.59 Å². The summed E-state index contributed by atoms with van der Waals surface area (Å²) in [5, 5.41) is 0. The van der Waals surface area contributed by atoms with Gasteiger partial charge in [0.05, 0.1) is 12.0 Å². The van der Waals surface area contributed by atoms with Crippen LogP contribution in [0, 0.1) is 0 Å². The topological polar surface area (TPSA) is 59.1 Å². The summed E-state index contributed by atoms with van der Waals surface area (Å²) >= 11 is 0. The summed E-state index contributed by atoms with van der Waals surface area (Å²) in [5.41, 5.74) is 2.50. The third-order valence-electron chi connectivity index (χ3n) is 6.83. The average molecular weight is 545 g/mol. The van der Waals surface area contributed by atoms with Crippen molar-refractivity contribution in [1.82, 2.24) is 4.90 Å². The Bertz CT molecular complexity index is 1180. The third-order valence-corrected chi connectivity index (χ3v) is 6.83. The largest absolute Gasteiger partial charge is 0.465 e. The highest BCUT2D eigenvalue weighted by Crippen LogP contribution is 2.28. The zero-order chi connectivity index (χ0) is 29.3. The normalized spacial score (nSPS) is 12.6. The van der Waals surface area contributed by atoms with Crippen LogP contribution in [0.15, 0.2) is 84.9 Å². The molecule has 1 atom stereocenters. The molecule has 0 bridgehead atoms. The molecule has 0 spiro atoms. The standard InChI is InChI=1S/C34H44N2O4/c1-8-39-31(37)34(6,7)29-19-21-30(22-20-29)36(32(38)40-33(3,4)5)23-26(2)35(24-27-15-11-9-12-16-27)25-28-17-13-10-14-18-28/h9-22,26H,8,23-25H2,1-7H3/t26-/m1/s1. The van der Waals surface area contributed by atoms with Crippen molar-refractivity contribution in [1.29, 1.82) is 0 Å². The molecule has 3 aromatic rings. The van der Waals surface area contributed by atoms with E-state index in [-0.39, 0.29) is 12.0 Å². The lowest BCUT2D eigenvalue weighted by Crippen LogP contribution is -2.46. The lowest BCUT2D eigenvalue weighted by Gasteiger charge is -2.35. The van der Waals surface area contributed by atoms with Crippen molar-refractivity contribution in [2.75, 3.05) is 18.1 Å². The van der Waals surface area contributed by atoms with E-state index in [2.05, 4.69) is 36.1 Å². The Labute approximate surface area is 239 Å². The Morgan fingerprint density at radius 2 is 1.27 bits per heavy atom. The molecule has 0 radical (unpaired) electrons. The number of rotatable bonds is 11. The van der Waals surface area contributed by atoms with Gasteiger partial charge in [-0.25, -0.2) is 4.79 Å². The van der Waals surface area contributed by atoms with Gasteiger partial charge >= 0.3 is 12.1 Å². The van der Waals surface area contributed by atoms with Crippen molar-refractivity contribution in [3.63, 3.8) is 0 Å². The highest BCUT2D eigenvalue weighted by Gasteiger charge is 2.32. The van der Waals surface area contributed by atoms with E-state index >= 15 is 0 Å². The predicted molar refractivity (Wildman–Crippen MR) is 161 cm³/mol.